The lowest BCUT2D eigenvalue weighted by Crippen LogP contribution is -2.35. The molecule has 1 aliphatic heterocycles. The van der Waals surface area contributed by atoms with E-state index in [2.05, 4.69) is 0 Å². The van der Waals surface area contributed by atoms with Gasteiger partial charge in [0, 0.05) is 26.2 Å². The monoisotopic (exact) mass is 418 g/mol. The van der Waals surface area contributed by atoms with Crippen LogP contribution in [0.1, 0.15) is 6.42 Å². The second-order valence-electron chi connectivity index (χ2n) is 5.75. The smallest absolute Gasteiger partial charge is 0.244 e. The summed E-state index contributed by atoms with van der Waals surface area (Å²) in [6.45, 7) is 1.95. The van der Waals surface area contributed by atoms with Crippen LogP contribution in [-0.2, 0) is 10.0 Å². The highest BCUT2D eigenvalue weighted by Gasteiger charge is 2.29. The number of sulfonamides is 1. The van der Waals surface area contributed by atoms with Gasteiger partial charge in [-0.2, -0.15) is 4.31 Å². The van der Waals surface area contributed by atoms with Crippen molar-refractivity contribution in [1.29, 1.82) is 0 Å². The van der Waals surface area contributed by atoms with E-state index in [0.717, 1.165) is 5.69 Å². The Hall–Kier alpha value is -0.980. The van der Waals surface area contributed by atoms with E-state index in [0.29, 0.717) is 42.6 Å². The Labute approximate surface area is 162 Å². The quantitative estimate of drug-likeness (QED) is 0.733. The standard InChI is InChI=1S/C17H17Cl3N2O2S/c18-13-5-1-2-8-16(13)25(23,24)22-10-4-9-21(11-12-22)17-14(19)6-3-7-15(17)20/h1-3,5-8H,4,9-12H2. The number of nitrogens with zero attached hydrogens (tertiary/aromatic N) is 2. The molecule has 0 aliphatic carbocycles. The van der Waals surface area contributed by atoms with Gasteiger partial charge in [-0.3, -0.25) is 0 Å². The third-order valence-electron chi connectivity index (χ3n) is 4.16. The van der Waals surface area contributed by atoms with E-state index in [1.165, 1.54) is 10.4 Å². The largest absolute Gasteiger partial charge is 0.368 e. The molecule has 0 amide bonds. The first-order valence-electron chi connectivity index (χ1n) is 7.85. The minimum absolute atomic E-state index is 0.140. The van der Waals surface area contributed by atoms with Gasteiger partial charge in [0.15, 0.2) is 0 Å². The van der Waals surface area contributed by atoms with Crippen LogP contribution in [0.15, 0.2) is 47.4 Å². The van der Waals surface area contributed by atoms with E-state index in [9.17, 15) is 8.42 Å². The Kier molecular flexibility index (Phi) is 5.81. The minimum atomic E-state index is -3.63. The molecule has 2 aromatic carbocycles. The molecule has 8 heteroatoms. The summed E-state index contributed by atoms with van der Waals surface area (Å²) < 4.78 is 27.3. The summed E-state index contributed by atoms with van der Waals surface area (Å²) in [6, 6.07) is 11.9. The van der Waals surface area contributed by atoms with Crippen molar-refractivity contribution >= 4 is 50.5 Å². The number of para-hydroxylation sites is 1. The van der Waals surface area contributed by atoms with Gasteiger partial charge in [0.25, 0.3) is 0 Å². The van der Waals surface area contributed by atoms with Gasteiger partial charge < -0.3 is 4.90 Å². The summed E-state index contributed by atoms with van der Waals surface area (Å²) in [6.07, 6.45) is 0.672. The van der Waals surface area contributed by atoms with Crippen molar-refractivity contribution in [2.24, 2.45) is 0 Å². The molecule has 0 atom stereocenters. The highest BCUT2D eigenvalue weighted by molar-refractivity contribution is 7.89. The molecule has 1 heterocycles. The van der Waals surface area contributed by atoms with Gasteiger partial charge in [-0.15, -0.1) is 0 Å². The number of hydrogen-bond acceptors (Lipinski definition) is 3. The zero-order valence-corrected chi connectivity index (χ0v) is 16.4. The van der Waals surface area contributed by atoms with E-state index in [-0.39, 0.29) is 9.92 Å². The van der Waals surface area contributed by atoms with Crippen molar-refractivity contribution in [3.05, 3.63) is 57.5 Å². The molecule has 0 aromatic heterocycles. The van der Waals surface area contributed by atoms with Crippen molar-refractivity contribution in [2.75, 3.05) is 31.1 Å². The van der Waals surface area contributed by atoms with Crippen LogP contribution in [0.5, 0.6) is 0 Å². The molecular weight excluding hydrogens is 403 g/mol. The molecule has 25 heavy (non-hydrogen) atoms. The second kappa shape index (κ2) is 7.72. The van der Waals surface area contributed by atoms with Crippen LogP contribution < -0.4 is 4.90 Å². The molecule has 134 valence electrons. The fourth-order valence-electron chi connectivity index (χ4n) is 2.94. The van der Waals surface area contributed by atoms with Gasteiger partial charge in [0.2, 0.25) is 10.0 Å². The molecule has 4 nitrogen and oxygen atoms in total. The number of rotatable bonds is 3. The van der Waals surface area contributed by atoms with E-state index < -0.39 is 10.0 Å². The zero-order chi connectivity index (χ0) is 18.0. The van der Waals surface area contributed by atoms with Crippen LogP contribution >= 0.6 is 34.8 Å². The number of hydrogen-bond donors (Lipinski definition) is 0. The fourth-order valence-corrected chi connectivity index (χ4v) is 5.54. The van der Waals surface area contributed by atoms with Crippen LogP contribution in [0.25, 0.3) is 0 Å². The third-order valence-corrected chi connectivity index (χ3v) is 7.17. The normalized spacial score (nSPS) is 16.7. The Morgan fingerprint density at radius 1 is 0.760 bits per heavy atom. The predicted molar refractivity (Wildman–Crippen MR) is 104 cm³/mol. The van der Waals surface area contributed by atoms with Crippen molar-refractivity contribution in [2.45, 2.75) is 11.3 Å². The first-order valence-corrected chi connectivity index (χ1v) is 10.4. The first kappa shape index (κ1) is 18.8. The molecular formula is C17H17Cl3N2O2S. The molecule has 2 aromatic rings. The Morgan fingerprint density at radius 2 is 1.40 bits per heavy atom. The molecule has 0 radical (unpaired) electrons. The van der Waals surface area contributed by atoms with Gasteiger partial charge in [-0.1, -0.05) is 53.0 Å². The van der Waals surface area contributed by atoms with Crippen LogP contribution in [0, 0.1) is 0 Å². The van der Waals surface area contributed by atoms with E-state index in [1.54, 1.807) is 36.4 Å². The lowest BCUT2D eigenvalue weighted by Gasteiger charge is -2.25. The lowest BCUT2D eigenvalue weighted by molar-refractivity contribution is 0.433. The van der Waals surface area contributed by atoms with E-state index >= 15 is 0 Å². The van der Waals surface area contributed by atoms with Crippen molar-refractivity contribution in [3.63, 3.8) is 0 Å². The molecule has 0 N–H and O–H groups in total. The van der Waals surface area contributed by atoms with Crippen LogP contribution in [0.4, 0.5) is 5.69 Å². The number of anilines is 1. The summed E-state index contributed by atoms with van der Waals surface area (Å²) in [5, 5.41) is 1.36. The van der Waals surface area contributed by atoms with Crippen molar-refractivity contribution in [3.8, 4) is 0 Å². The average molecular weight is 420 g/mol. The summed E-state index contributed by atoms with van der Waals surface area (Å²) in [4.78, 5) is 2.17. The van der Waals surface area contributed by atoms with Crippen molar-refractivity contribution < 1.29 is 8.42 Å². The molecule has 0 saturated carbocycles. The SMILES string of the molecule is O=S(=O)(c1ccccc1Cl)N1CCCN(c2c(Cl)cccc2Cl)CC1. The zero-order valence-electron chi connectivity index (χ0n) is 13.3. The Bertz CT molecular complexity index is 854. The maximum Gasteiger partial charge on any atom is 0.244 e. The van der Waals surface area contributed by atoms with Gasteiger partial charge in [-0.25, -0.2) is 8.42 Å². The van der Waals surface area contributed by atoms with Gasteiger partial charge in [0.1, 0.15) is 4.90 Å². The van der Waals surface area contributed by atoms with Gasteiger partial charge >= 0.3 is 0 Å². The summed E-state index contributed by atoms with van der Waals surface area (Å²) >= 11 is 18.7. The molecule has 1 saturated heterocycles. The van der Waals surface area contributed by atoms with Gasteiger partial charge in [0.05, 0.1) is 20.8 Å². The second-order valence-corrected chi connectivity index (χ2v) is 8.87. The Balaban J connectivity index is 1.84. The average Bonchev–Trinajstić information content (AvgIpc) is 2.81. The van der Waals surface area contributed by atoms with E-state index in [4.69, 9.17) is 34.8 Å². The highest BCUT2D eigenvalue weighted by Crippen LogP contribution is 2.34. The minimum Gasteiger partial charge on any atom is -0.368 e. The summed E-state index contributed by atoms with van der Waals surface area (Å²) in [5.41, 5.74) is 0.753. The van der Waals surface area contributed by atoms with E-state index in [1.807, 2.05) is 4.90 Å². The molecule has 0 spiro atoms. The molecule has 0 unspecified atom stereocenters. The topological polar surface area (TPSA) is 40.6 Å². The number of benzene rings is 2. The fraction of sp³-hybridized carbons (Fsp3) is 0.294. The molecule has 1 aliphatic rings. The summed E-state index contributed by atoms with van der Waals surface area (Å²) in [7, 11) is -3.63. The maximum absolute atomic E-state index is 12.9. The lowest BCUT2D eigenvalue weighted by atomic mass is 10.2. The Morgan fingerprint density at radius 3 is 2.08 bits per heavy atom. The molecule has 3 rings (SSSR count). The van der Waals surface area contributed by atoms with Gasteiger partial charge in [-0.05, 0) is 30.7 Å². The van der Waals surface area contributed by atoms with Crippen molar-refractivity contribution in [1.82, 2.24) is 4.31 Å². The maximum atomic E-state index is 12.9. The number of halogens is 3. The first-order chi connectivity index (χ1) is 11.9. The molecule has 1 fully saturated rings. The molecule has 0 bridgehead atoms. The van der Waals surface area contributed by atoms with Crippen LogP contribution in [0.3, 0.4) is 0 Å². The third kappa shape index (κ3) is 3.91. The highest BCUT2D eigenvalue weighted by atomic mass is 35.5. The summed E-state index contributed by atoms with van der Waals surface area (Å²) in [5.74, 6) is 0. The van der Waals surface area contributed by atoms with Crippen LogP contribution in [-0.4, -0.2) is 38.9 Å². The predicted octanol–water partition coefficient (Wildman–Crippen LogP) is 4.55. The van der Waals surface area contributed by atoms with Crippen LogP contribution in [0.2, 0.25) is 15.1 Å².